The van der Waals surface area contributed by atoms with Crippen LogP contribution in [0.3, 0.4) is 0 Å². The minimum atomic E-state index is -5.10. The summed E-state index contributed by atoms with van der Waals surface area (Å²) >= 11 is 0. The summed E-state index contributed by atoms with van der Waals surface area (Å²) in [6.45, 7) is 1.41. The second-order valence-electron chi connectivity index (χ2n) is 3.67. The van der Waals surface area contributed by atoms with Crippen molar-refractivity contribution in [1.82, 2.24) is 4.98 Å². The first-order chi connectivity index (χ1) is 9.18. The number of alkyl halides is 5. The summed E-state index contributed by atoms with van der Waals surface area (Å²) in [5.74, 6) is -2.65. The van der Waals surface area contributed by atoms with Gasteiger partial charge < -0.3 is 9.84 Å². The quantitative estimate of drug-likeness (QED) is 0.686. The molecule has 1 aromatic heterocycles. The highest BCUT2D eigenvalue weighted by atomic mass is 19.4. The van der Waals surface area contributed by atoms with Crippen LogP contribution in [0.2, 0.25) is 0 Å². The Bertz CT molecular complexity index is 502. The number of nitrogens with zero attached hydrogens (tertiary/aromatic N) is 1. The van der Waals surface area contributed by atoms with Crippen molar-refractivity contribution >= 4 is 5.97 Å². The van der Waals surface area contributed by atoms with Gasteiger partial charge in [-0.05, 0) is 12.5 Å². The van der Waals surface area contributed by atoms with E-state index < -0.39 is 47.6 Å². The molecule has 1 heterocycles. The van der Waals surface area contributed by atoms with Gasteiger partial charge in [-0.1, -0.05) is 0 Å². The Morgan fingerprint density at radius 1 is 1.45 bits per heavy atom. The Kier molecular flexibility index (Phi) is 4.85. The van der Waals surface area contributed by atoms with Crippen LogP contribution in [0.15, 0.2) is 6.20 Å². The molecular formula is C11H10F5NO3. The first-order valence-electron chi connectivity index (χ1n) is 5.40. The highest BCUT2D eigenvalue weighted by Crippen LogP contribution is 2.41. The van der Waals surface area contributed by atoms with E-state index in [9.17, 15) is 31.9 Å². The fraction of sp³-hybridized carbons (Fsp3) is 0.455. The number of carbonyl (C=O) groups is 1. The van der Waals surface area contributed by atoms with Crippen LogP contribution < -0.4 is 0 Å². The van der Waals surface area contributed by atoms with E-state index in [4.69, 9.17) is 0 Å². The average molecular weight is 299 g/mol. The van der Waals surface area contributed by atoms with E-state index in [2.05, 4.69) is 9.72 Å². The molecule has 0 saturated heterocycles. The summed E-state index contributed by atoms with van der Waals surface area (Å²) in [5.41, 5.74) is -3.81. The van der Waals surface area contributed by atoms with E-state index in [1.54, 1.807) is 0 Å². The predicted molar refractivity (Wildman–Crippen MR) is 56.2 cm³/mol. The van der Waals surface area contributed by atoms with Gasteiger partial charge in [0.1, 0.15) is 11.3 Å². The fourth-order valence-electron chi connectivity index (χ4n) is 1.53. The topological polar surface area (TPSA) is 59.4 Å². The number of hydrogen-bond donors (Lipinski definition) is 1. The summed E-state index contributed by atoms with van der Waals surface area (Å²) in [5, 5.41) is 9.30. The van der Waals surface area contributed by atoms with Gasteiger partial charge in [-0.3, -0.25) is 9.78 Å². The number of carbonyl (C=O) groups excluding carboxylic acids is 1. The van der Waals surface area contributed by atoms with Crippen molar-refractivity contribution in [2.75, 3.05) is 6.61 Å². The maximum absolute atomic E-state index is 12.8. The molecule has 0 amide bonds. The van der Waals surface area contributed by atoms with E-state index >= 15 is 0 Å². The third-order valence-corrected chi connectivity index (χ3v) is 2.29. The number of halogens is 5. The van der Waals surface area contributed by atoms with Crippen molar-refractivity contribution in [3.63, 3.8) is 0 Å². The zero-order valence-corrected chi connectivity index (χ0v) is 10.2. The van der Waals surface area contributed by atoms with Crippen LogP contribution in [0.1, 0.15) is 30.2 Å². The van der Waals surface area contributed by atoms with Gasteiger partial charge in [0.2, 0.25) is 0 Å². The van der Waals surface area contributed by atoms with Crippen molar-refractivity contribution in [2.45, 2.75) is 25.9 Å². The average Bonchev–Trinajstić information content (AvgIpc) is 2.26. The molecule has 0 aliphatic carbocycles. The van der Waals surface area contributed by atoms with E-state index in [1.807, 2.05) is 0 Å². The summed E-state index contributed by atoms with van der Waals surface area (Å²) in [6, 6.07) is 0. The summed E-state index contributed by atoms with van der Waals surface area (Å²) < 4.78 is 67.7. The van der Waals surface area contributed by atoms with Crippen LogP contribution in [0.4, 0.5) is 22.0 Å². The standard InChI is InChI=1S/C11H10F5NO3/c1-2-20-6(18)3-5-4-17-8(10(12)13)9(19)7(5)11(14,15)16/h4,10,19H,2-3H2,1H3. The summed E-state index contributed by atoms with van der Waals surface area (Å²) in [6.07, 6.45) is -8.81. The zero-order chi connectivity index (χ0) is 15.5. The molecule has 1 aromatic rings. The molecule has 1 N–H and O–H groups in total. The molecule has 0 unspecified atom stereocenters. The van der Waals surface area contributed by atoms with Gasteiger partial charge in [-0.15, -0.1) is 0 Å². The van der Waals surface area contributed by atoms with Crippen LogP contribution in [0, 0.1) is 0 Å². The monoisotopic (exact) mass is 299 g/mol. The van der Waals surface area contributed by atoms with E-state index in [1.165, 1.54) is 6.92 Å². The molecule has 0 bridgehead atoms. The summed E-state index contributed by atoms with van der Waals surface area (Å²) in [7, 11) is 0. The molecule has 0 saturated carbocycles. The minimum Gasteiger partial charge on any atom is -0.505 e. The predicted octanol–water partition coefficient (Wildman–Crippen LogP) is 2.85. The highest BCUT2D eigenvalue weighted by molar-refractivity contribution is 5.73. The lowest BCUT2D eigenvalue weighted by atomic mass is 10.0. The first-order valence-corrected chi connectivity index (χ1v) is 5.40. The van der Waals surface area contributed by atoms with Gasteiger partial charge >= 0.3 is 12.1 Å². The Morgan fingerprint density at radius 3 is 2.50 bits per heavy atom. The fourth-order valence-corrected chi connectivity index (χ4v) is 1.53. The molecule has 1 rings (SSSR count). The van der Waals surface area contributed by atoms with Crippen LogP contribution >= 0.6 is 0 Å². The van der Waals surface area contributed by atoms with E-state index in [0.29, 0.717) is 6.20 Å². The van der Waals surface area contributed by atoms with E-state index in [0.717, 1.165) is 0 Å². The molecule has 0 aliphatic rings. The van der Waals surface area contributed by atoms with Gasteiger partial charge in [0, 0.05) is 6.20 Å². The molecule has 0 aromatic carbocycles. The van der Waals surface area contributed by atoms with Crippen LogP contribution in [-0.4, -0.2) is 22.7 Å². The Morgan fingerprint density at radius 2 is 2.05 bits per heavy atom. The van der Waals surface area contributed by atoms with Crippen LogP contribution in [-0.2, 0) is 22.1 Å². The largest absolute Gasteiger partial charge is 0.505 e. The van der Waals surface area contributed by atoms with E-state index in [-0.39, 0.29) is 6.61 Å². The number of ether oxygens (including phenoxy) is 1. The van der Waals surface area contributed by atoms with Crippen LogP contribution in [0.25, 0.3) is 0 Å². The van der Waals surface area contributed by atoms with Gasteiger partial charge in [0.25, 0.3) is 6.43 Å². The number of hydrogen-bond acceptors (Lipinski definition) is 4. The lowest BCUT2D eigenvalue weighted by Gasteiger charge is -2.15. The zero-order valence-electron chi connectivity index (χ0n) is 10.2. The third kappa shape index (κ3) is 3.55. The molecule has 0 spiro atoms. The summed E-state index contributed by atoms with van der Waals surface area (Å²) in [4.78, 5) is 14.2. The lowest BCUT2D eigenvalue weighted by molar-refractivity contribution is -0.143. The molecule has 0 radical (unpaired) electrons. The number of esters is 1. The second-order valence-corrected chi connectivity index (χ2v) is 3.67. The van der Waals surface area contributed by atoms with Crippen molar-refractivity contribution in [3.8, 4) is 5.75 Å². The molecule has 20 heavy (non-hydrogen) atoms. The van der Waals surface area contributed by atoms with Crippen LogP contribution in [0.5, 0.6) is 5.75 Å². The molecule has 0 fully saturated rings. The number of aromatic nitrogens is 1. The van der Waals surface area contributed by atoms with Crippen molar-refractivity contribution < 1.29 is 36.6 Å². The smallest absolute Gasteiger partial charge is 0.420 e. The number of rotatable bonds is 4. The Hall–Kier alpha value is -1.93. The molecule has 112 valence electrons. The lowest BCUT2D eigenvalue weighted by Crippen LogP contribution is -2.16. The van der Waals surface area contributed by atoms with Gasteiger partial charge in [-0.2, -0.15) is 13.2 Å². The molecule has 0 atom stereocenters. The maximum Gasteiger partial charge on any atom is 0.420 e. The van der Waals surface area contributed by atoms with Crippen molar-refractivity contribution in [1.29, 1.82) is 0 Å². The Balaban J connectivity index is 3.31. The molecular weight excluding hydrogens is 289 g/mol. The normalized spacial score (nSPS) is 11.8. The highest BCUT2D eigenvalue weighted by Gasteiger charge is 2.39. The maximum atomic E-state index is 12.8. The number of pyridine rings is 1. The van der Waals surface area contributed by atoms with Crippen molar-refractivity contribution in [2.24, 2.45) is 0 Å². The molecule has 9 heteroatoms. The van der Waals surface area contributed by atoms with Gasteiger partial charge in [0.05, 0.1) is 13.0 Å². The van der Waals surface area contributed by atoms with Crippen molar-refractivity contribution in [3.05, 3.63) is 23.0 Å². The second kappa shape index (κ2) is 6.02. The minimum absolute atomic E-state index is 0.0469. The molecule has 0 aliphatic heterocycles. The first kappa shape index (κ1) is 16.1. The number of aromatic hydroxyl groups is 1. The third-order valence-electron chi connectivity index (χ3n) is 2.29. The molecule has 4 nitrogen and oxygen atoms in total. The SMILES string of the molecule is CCOC(=O)Cc1cnc(C(F)F)c(O)c1C(F)(F)F. The van der Waals surface area contributed by atoms with Gasteiger partial charge in [0.15, 0.2) is 5.75 Å². The van der Waals surface area contributed by atoms with Gasteiger partial charge in [-0.25, -0.2) is 8.78 Å². The Labute approximate surface area is 110 Å².